The van der Waals surface area contributed by atoms with Crippen molar-refractivity contribution in [3.8, 4) is 0 Å². The molecule has 0 radical (unpaired) electrons. The van der Waals surface area contributed by atoms with Crippen molar-refractivity contribution in [1.82, 2.24) is 5.32 Å². The first-order valence-electron chi connectivity index (χ1n) is 7.45. The topological polar surface area (TPSA) is 38.0 Å². The van der Waals surface area contributed by atoms with Crippen LogP contribution in [-0.2, 0) is 6.42 Å². The molecule has 0 spiro atoms. The fourth-order valence-electron chi connectivity index (χ4n) is 3.64. The van der Waals surface area contributed by atoms with Gasteiger partial charge in [-0.05, 0) is 55.2 Å². The van der Waals surface area contributed by atoms with E-state index in [2.05, 4.69) is 23.7 Å². The molecule has 0 aliphatic heterocycles. The maximum absolute atomic E-state index is 5.88. The van der Waals surface area contributed by atoms with E-state index in [-0.39, 0.29) is 0 Å². The minimum atomic E-state index is 0.549. The molecule has 2 aliphatic carbocycles. The van der Waals surface area contributed by atoms with Crippen molar-refractivity contribution >= 4 is 17.4 Å². The van der Waals surface area contributed by atoms with Crippen LogP contribution in [0.15, 0.2) is 18.2 Å². The third-order valence-corrected chi connectivity index (χ3v) is 5.84. The lowest BCUT2D eigenvalue weighted by molar-refractivity contribution is 0.346. The van der Waals surface area contributed by atoms with Gasteiger partial charge in [-0.15, -0.1) is 0 Å². The largest absolute Gasteiger partial charge is 0.399 e. The number of fused-ring (bicyclic) bond motifs is 1. The van der Waals surface area contributed by atoms with Gasteiger partial charge >= 0.3 is 0 Å². The number of hydrogen-bond donors (Lipinski definition) is 2. The minimum Gasteiger partial charge on any atom is -0.399 e. The maximum Gasteiger partial charge on any atom is 0.0329 e. The zero-order valence-corrected chi connectivity index (χ0v) is 12.5. The van der Waals surface area contributed by atoms with Gasteiger partial charge in [0.1, 0.15) is 0 Å². The maximum atomic E-state index is 5.88. The Balaban J connectivity index is 1.71. The molecule has 0 aromatic heterocycles. The Morgan fingerprint density at radius 2 is 2.05 bits per heavy atom. The van der Waals surface area contributed by atoms with Crippen LogP contribution in [0.2, 0.25) is 0 Å². The Bertz CT molecular complexity index is 446. The Labute approximate surface area is 120 Å². The Kier molecular flexibility index (Phi) is 4.04. The standard InChI is InChI=1S/C16H24N2S/c1-19-16-5-3-2-4-15(16)18-14-9-6-11-10-12(17)7-8-13(11)14/h7-8,10,14-16,18H,2-6,9,17H2,1H3. The molecule has 2 aliphatic rings. The van der Waals surface area contributed by atoms with Crippen molar-refractivity contribution in [3.63, 3.8) is 0 Å². The summed E-state index contributed by atoms with van der Waals surface area (Å²) in [5.74, 6) is 0. The third-order valence-electron chi connectivity index (χ3n) is 4.67. The second-order valence-electron chi connectivity index (χ2n) is 5.88. The molecule has 3 heteroatoms. The summed E-state index contributed by atoms with van der Waals surface area (Å²) >= 11 is 2.04. The average molecular weight is 276 g/mol. The van der Waals surface area contributed by atoms with Crippen molar-refractivity contribution in [2.75, 3.05) is 12.0 Å². The molecule has 1 aromatic rings. The molecule has 1 aromatic carbocycles. The predicted octanol–water partition coefficient (Wildman–Crippen LogP) is 3.52. The molecule has 19 heavy (non-hydrogen) atoms. The average Bonchev–Trinajstić information content (AvgIpc) is 2.82. The van der Waals surface area contributed by atoms with E-state index in [4.69, 9.17) is 5.73 Å². The molecule has 3 atom stereocenters. The first-order chi connectivity index (χ1) is 9.28. The van der Waals surface area contributed by atoms with Crippen LogP contribution in [0.3, 0.4) is 0 Å². The van der Waals surface area contributed by atoms with E-state index in [0.29, 0.717) is 12.1 Å². The van der Waals surface area contributed by atoms with E-state index in [1.165, 1.54) is 49.7 Å². The van der Waals surface area contributed by atoms with Crippen LogP contribution in [0.25, 0.3) is 0 Å². The van der Waals surface area contributed by atoms with Crippen LogP contribution in [0.5, 0.6) is 0 Å². The van der Waals surface area contributed by atoms with Crippen LogP contribution in [0.4, 0.5) is 5.69 Å². The second kappa shape index (κ2) is 5.76. The van der Waals surface area contributed by atoms with Gasteiger partial charge in [0, 0.05) is 23.0 Å². The molecule has 0 heterocycles. The smallest absolute Gasteiger partial charge is 0.0329 e. The molecule has 1 saturated carbocycles. The van der Waals surface area contributed by atoms with Gasteiger partial charge in [0.15, 0.2) is 0 Å². The monoisotopic (exact) mass is 276 g/mol. The SMILES string of the molecule is CSC1CCCCC1NC1CCc2cc(N)ccc21. The quantitative estimate of drug-likeness (QED) is 0.830. The summed E-state index contributed by atoms with van der Waals surface area (Å²) in [6, 6.07) is 7.67. The highest BCUT2D eigenvalue weighted by atomic mass is 32.2. The van der Waals surface area contributed by atoms with E-state index >= 15 is 0 Å². The van der Waals surface area contributed by atoms with Crippen LogP contribution in [-0.4, -0.2) is 17.5 Å². The highest BCUT2D eigenvalue weighted by Gasteiger charge is 2.29. The minimum absolute atomic E-state index is 0.549. The Hall–Kier alpha value is -0.670. The molecule has 0 saturated heterocycles. The molecule has 3 N–H and O–H groups in total. The molecule has 104 valence electrons. The predicted molar refractivity (Wildman–Crippen MR) is 84.6 cm³/mol. The second-order valence-corrected chi connectivity index (χ2v) is 6.96. The number of aryl methyl sites for hydroxylation is 1. The van der Waals surface area contributed by atoms with Crippen LogP contribution >= 0.6 is 11.8 Å². The number of nitrogens with two attached hydrogens (primary N) is 1. The van der Waals surface area contributed by atoms with Gasteiger partial charge in [0.25, 0.3) is 0 Å². The van der Waals surface area contributed by atoms with Gasteiger partial charge in [-0.3, -0.25) is 0 Å². The lowest BCUT2D eigenvalue weighted by atomic mass is 9.93. The summed E-state index contributed by atoms with van der Waals surface area (Å²) in [5, 5.41) is 4.73. The summed E-state index contributed by atoms with van der Waals surface area (Å²) in [5.41, 5.74) is 9.72. The number of thioether (sulfide) groups is 1. The highest BCUT2D eigenvalue weighted by molar-refractivity contribution is 7.99. The fraction of sp³-hybridized carbons (Fsp3) is 0.625. The van der Waals surface area contributed by atoms with Gasteiger partial charge < -0.3 is 11.1 Å². The van der Waals surface area contributed by atoms with E-state index in [9.17, 15) is 0 Å². The molecular weight excluding hydrogens is 252 g/mol. The van der Waals surface area contributed by atoms with Gasteiger partial charge in [-0.1, -0.05) is 18.9 Å². The van der Waals surface area contributed by atoms with Gasteiger partial charge in [-0.25, -0.2) is 0 Å². The third kappa shape index (κ3) is 2.77. The van der Waals surface area contributed by atoms with Gasteiger partial charge in [-0.2, -0.15) is 11.8 Å². The molecule has 1 fully saturated rings. The van der Waals surface area contributed by atoms with Crippen molar-refractivity contribution in [2.24, 2.45) is 0 Å². The summed E-state index contributed by atoms with van der Waals surface area (Å²) < 4.78 is 0. The lowest BCUT2D eigenvalue weighted by Crippen LogP contribution is -2.41. The zero-order chi connectivity index (χ0) is 13.2. The van der Waals surface area contributed by atoms with Crippen LogP contribution in [0.1, 0.15) is 49.3 Å². The highest BCUT2D eigenvalue weighted by Crippen LogP contribution is 2.35. The number of rotatable bonds is 3. The summed E-state index contributed by atoms with van der Waals surface area (Å²) in [7, 11) is 0. The van der Waals surface area contributed by atoms with Gasteiger partial charge in [0.05, 0.1) is 0 Å². The molecular formula is C16H24N2S. The van der Waals surface area contributed by atoms with E-state index in [1.54, 1.807) is 0 Å². The Morgan fingerprint density at radius 3 is 2.89 bits per heavy atom. The van der Waals surface area contributed by atoms with Crippen LogP contribution in [0, 0.1) is 0 Å². The summed E-state index contributed by atoms with van der Waals surface area (Å²) in [6.45, 7) is 0. The van der Waals surface area contributed by atoms with Crippen LogP contribution < -0.4 is 11.1 Å². The molecule has 3 rings (SSSR count). The Morgan fingerprint density at radius 1 is 1.21 bits per heavy atom. The van der Waals surface area contributed by atoms with Crippen molar-refractivity contribution < 1.29 is 0 Å². The first kappa shape index (κ1) is 13.3. The van der Waals surface area contributed by atoms with Crippen molar-refractivity contribution in [1.29, 1.82) is 0 Å². The summed E-state index contributed by atoms with van der Waals surface area (Å²) in [4.78, 5) is 0. The molecule has 0 amide bonds. The van der Waals surface area contributed by atoms with E-state index < -0.39 is 0 Å². The number of hydrogen-bond acceptors (Lipinski definition) is 3. The number of nitrogens with one attached hydrogen (secondary N) is 1. The first-order valence-corrected chi connectivity index (χ1v) is 8.74. The number of benzene rings is 1. The van der Waals surface area contributed by atoms with Crippen molar-refractivity contribution in [3.05, 3.63) is 29.3 Å². The molecule has 2 nitrogen and oxygen atoms in total. The van der Waals surface area contributed by atoms with Crippen molar-refractivity contribution in [2.45, 2.75) is 55.9 Å². The molecule has 0 bridgehead atoms. The van der Waals surface area contributed by atoms with E-state index in [0.717, 1.165) is 10.9 Å². The zero-order valence-electron chi connectivity index (χ0n) is 11.7. The van der Waals surface area contributed by atoms with Gasteiger partial charge in [0.2, 0.25) is 0 Å². The van der Waals surface area contributed by atoms with E-state index in [1.807, 2.05) is 17.8 Å². The number of anilines is 1. The normalized spacial score (nSPS) is 30.3. The summed E-state index contributed by atoms with van der Waals surface area (Å²) in [6.07, 6.45) is 10.2. The lowest BCUT2D eigenvalue weighted by Gasteiger charge is -2.33. The molecule has 3 unspecified atom stereocenters. The fourth-order valence-corrected chi connectivity index (χ4v) is 4.58. The number of nitrogen functional groups attached to an aromatic ring is 1.